The van der Waals surface area contributed by atoms with Crippen LogP contribution in [0.4, 0.5) is 0 Å². The predicted molar refractivity (Wildman–Crippen MR) is 108 cm³/mol. The molecule has 0 aliphatic heterocycles. The summed E-state index contributed by atoms with van der Waals surface area (Å²) < 4.78 is 7.11. The number of halogens is 1. The molecule has 0 radical (unpaired) electrons. The minimum atomic E-state index is -0.408. The number of ether oxygens (including phenoxy) is 1. The molecule has 2 aromatic carbocycles. The largest absolute Gasteiger partial charge is 0.497 e. The van der Waals surface area contributed by atoms with Crippen LogP contribution >= 0.6 is 11.6 Å². The molecule has 140 valence electrons. The van der Waals surface area contributed by atoms with Crippen molar-refractivity contribution < 1.29 is 9.53 Å². The molecule has 6 heteroatoms. The second-order valence-electron chi connectivity index (χ2n) is 6.29. The van der Waals surface area contributed by atoms with Gasteiger partial charge in [0.15, 0.2) is 0 Å². The van der Waals surface area contributed by atoms with Crippen LogP contribution in [0.1, 0.15) is 35.8 Å². The molecule has 0 saturated heterocycles. The van der Waals surface area contributed by atoms with Crippen LogP contribution in [0.2, 0.25) is 5.02 Å². The van der Waals surface area contributed by atoms with Crippen LogP contribution in [0.3, 0.4) is 0 Å². The number of hydrogen-bond acceptors (Lipinski definition) is 3. The minimum absolute atomic E-state index is 0.110. The average Bonchev–Trinajstić information content (AvgIpc) is 2.68. The maximum absolute atomic E-state index is 12.9. The normalized spacial score (nSPS) is 12.0. The van der Waals surface area contributed by atoms with Gasteiger partial charge in [0.1, 0.15) is 11.3 Å². The topological polar surface area (TPSA) is 60.3 Å². The number of benzene rings is 2. The molecule has 3 rings (SSSR count). The molecular formula is C21H21ClN2O3. The van der Waals surface area contributed by atoms with Gasteiger partial charge in [0.05, 0.1) is 24.1 Å². The molecule has 0 aliphatic rings. The van der Waals surface area contributed by atoms with Gasteiger partial charge < -0.3 is 14.6 Å². The van der Waals surface area contributed by atoms with Gasteiger partial charge in [0.2, 0.25) is 5.43 Å². The molecule has 3 aromatic rings. The molecule has 0 spiro atoms. The fourth-order valence-corrected chi connectivity index (χ4v) is 3.16. The van der Waals surface area contributed by atoms with Crippen molar-refractivity contribution in [3.05, 3.63) is 75.0 Å². The van der Waals surface area contributed by atoms with E-state index in [1.807, 2.05) is 36.6 Å². The van der Waals surface area contributed by atoms with E-state index in [-0.39, 0.29) is 17.0 Å². The van der Waals surface area contributed by atoms with Crippen LogP contribution in [0.15, 0.2) is 53.5 Å². The number of pyridine rings is 1. The highest BCUT2D eigenvalue weighted by Crippen LogP contribution is 2.20. The van der Waals surface area contributed by atoms with E-state index in [2.05, 4.69) is 5.32 Å². The van der Waals surface area contributed by atoms with Crippen LogP contribution in [0, 0.1) is 0 Å². The number of aromatic nitrogens is 1. The maximum atomic E-state index is 12.9. The number of carbonyl (C=O) groups is 1. The first-order valence-electron chi connectivity index (χ1n) is 8.72. The molecule has 1 amide bonds. The van der Waals surface area contributed by atoms with Crippen LogP contribution in [-0.2, 0) is 6.54 Å². The van der Waals surface area contributed by atoms with Gasteiger partial charge in [-0.2, -0.15) is 0 Å². The SMILES string of the molecule is CCn1cc(C(=O)NC(C)c2ccc(Cl)cc2)c(=O)c2cc(OC)ccc21. The lowest BCUT2D eigenvalue weighted by Gasteiger charge is -2.16. The van der Waals surface area contributed by atoms with Crippen molar-refractivity contribution in [1.29, 1.82) is 0 Å². The third kappa shape index (κ3) is 3.83. The van der Waals surface area contributed by atoms with E-state index in [0.29, 0.717) is 22.7 Å². The van der Waals surface area contributed by atoms with Gasteiger partial charge in [-0.1, -0.05) is 23.7 Å². The molecule has 1 atom stereocenters. The average molecular weight is 385 g/mol. The van der Waals surface area contributed by atoms with Crippen molar-refractivity contribution in [2.75, 3.05) is 7.11 Å². The summed E-state index contributed by atoms with van der Waals surface area (Å²) in [4.78, 5) is 25.7. The number of fused-ring (bicyclic) bond motifs is 1. The Balaban J connectivity index is 1.99. The number of carbonyl (C=O) groups excluding carboxylic acids is 1. The van der Waals surface area contributed by atoms with Gasteiger partial charge in [-0.25, -0.2) is 0 Å². The first-order chi connectivity index (χ1) is 12.9. The summed E-state index contributed by atoms with van der Waals surface area (Å²) in [6, 6.07) is 12.3. The maximum Gasteiger partial charge on any atom is 0.257 e. The molecule has 5 nitrogen and oxygen atoms in total. The standard InChI is InChI=1S/C21H21ClN2O3/c1-4-24-12-18(20(25)17-11-16(27-3)9-10-19(17)24)21(26)23-13(2)14-5-7-15(22)8-6-14/h5-13H,4H2,1-3H3,(H,23,26). The van der Waals surface area contributed by atoms with Gasteiger partial charge in [-0.3, -0.25) is 9.59 Å². The third-order valence-corrected chi connectivity index (χ3v) is 4.84. The molecule has 0 aliphatic carbocycles. The molecule has 0 bridgehead atoms. The fourth-order valence-electron chi connectivity index (χ4n) is 3.04. The summed E-state index contributed by atoms with van der Waals surface area (Å²) in [6.07, 6.45) is 1.61. The molecule has 27 heavy (non-hydrogen) atoms. The second-order valence-corrected chi connectivity index (χ2v) is 6.72. The van der Waals surface area contributed by atoms with Crippen molar-refractivity contribution >= 4 is 28.4 Å². The van der Waals surface area contributed by atoms with Crippen LogP contribution in [-0.4, -0.2) is 17.6 Å². The molecule has 1 unspecified atom stereocenters. The number of aryl methyl sites for hydroxylation is 1. The zero-order chi connectivity index (χ0) is 19.6. The Labute approximate surface area is 162 Å². The molecule has 0 fully saturated rings. The summed E-state index contributed by atoms with van der Waals surface area (Å²) in [5.74, 6) is 0.170. The Kier molecular flexibility index (Phi) is 5.51. The Morgan fingerprint density at radius 3 is 2.56 bits per heavy atom. The molecule has 1 heterocycles. The van der Waals surface area contributed by atoms with Crippen LogP contribution in [0.25, 0.3) is 10.9 Å². The predicted octanol–water partition coefficient (Wildman–Crippen LogP) is 4.17. The summed E-state index contributed by atoms with van der Waals surface area (Å²) in [6.45, 7) is 4.46. The number of methoxy groups -OCH3 is 1. The summed E-state index contributed by atoms with van der Waals surface area (Å²) in [5.41, 5.74) is 1.48. The van der Waals surface area contributed by atoms with Crippen LogP contribution < -0.4 is 15.5 Å². The molecule has 0 saturated carbocycles. The summed E-state index contributed by atoms with van der Waals surface area (Å²) in [5, 5.41) is 3.98. The monoisotopic (exact) mass is 384 g/mol. The Bertz CT molecular complexity index is 1040. The van der Waals surface area contributed by atoms with E-state index in [1.54, 1.807) is 37.6 Å². The Morgan fingerprint density at radius 2 is 1.93 bits per heavy atom. The molecule has 1 N–H and O–H groups in total. The smallest absolute Gasteiger partial charge is 0.257 e. The second kappa shape index (κ2) is 7.84. The van der Waals surface area contributed by atoms with E-state index in [1.165, 1.54) is 0 Å². The van der Waals surface area contributed by atoms with Crippen molar-refractivity contribution in [3.63, 3.8) is 0 Å². The number of nitrogens with zero attached hydrogens (tertiary/aromatic N) is 1. The van der Waals surface area contributed by atoms with Crippen molar-refractivity contribution in [1.82, 2.24) is 9.88 Å². The Hall–Kier alpha value is -2.79. The zero-order valence-electron chi connectivity index (χ0n) is 15.5. The lowest BCUT2D eigenvalue weighted by molar-refractivity contribution is 0.0938. The Morgan fingerprint density at radius 1 is 1.22 bits per heavy atom. The summed E-state index contributed by atoms with van der Waals surface area (Å²) >= 11 is 5.91. The number of nitrogens with one attached hydrogen (secondary N) is 1. The number of rotatable bonds is 5. The van der Waals surface area contributed by atoms with E-state index < -0.39 is 5.91 Å². The zero-order valence-corrected chi connectivity index (χ0v) is 16.2. The minimum Gasteiger partial charge on any atom is -0.497 e. The van der Waals surface area contributed by atoms with Crippen molar-refractivity contribution in [2.24, 2.45) is 0 Å². The van der Waals surface area contributed by atoms with E-state index >= 15 is 0 Å². The van der Waals surface area contributed by atoms with Crippen molar-refractivity contribution in [2.45, 2.75) is 26.4 Å². The van der Waals surface area contributed by atoms with Gasteiger partial charge in [0.25, 0.3) is 5.91 Å². The van der Waals surface area contributed by atoms with E-state index in [0.717, 1.165) is 11.1 Å². The lowest BCUT2D eigenvalue weighted by atomic mass is 10.1. The molecular weight excluding hydrogens is 364 g/mol. The number of amides is 1. The first-order valence-corrected chi connectivity index (χ1v) is 9.10. The highest BCUT2D eigenvalue weighted by Gasteiger charge is 2.18. The van der Waals surface area contributed by atoms with Crippen molar-refractivity contribution in [3.8, 4) is 5.75 Å². The van der Waals surface area contributed by atoms with Gasteiger partial charge in [-0.15, -0.1) is 0 Å². The fraction of sp³-hybridized carbons (Fsp3) is 0.238. The highest BCUT2D eigenvalue weighted by atomic mass is 35.5. The highest BCUT2D eigenvalue weighted by molar-refractivity contribution is 6.30. The van der Waals surface area contributed by atoms with Gasteiger partial charge >= 0.3 is 0 Å². The third-order valence-electron chi connectivity index (χ3n) is 4.59. The summed E-state index contributed by atoms with van der Waals surface area (Å²) in [7, 11) is 1.55. The number of hydrogen-bond donors (Lipinski definition) is 1. The first kappa shape index (κ1) is 19.0. The van der Waals surface area contributed by atoms with E-state index in [4.69, 9.17) is 16.3 Å². The van der Waals surface area contributed by atoms with Crippen LogP contribution in [0.5, 0.6) is 5.75 Å². The van der Waals surface area contributed by atoms with Gasteiger partial charge in [0, 0.05) is 17.8 Å². The lowest BCUT2D eigenvalue weighted by Crippen LogP contribution is -2.31. The quantitative estimate of drug-likeness (QED) is 0.718. The van der Waals surface area contributed by atoms with E-state index in [9.17, 15) is 9.59 Å². The van der Waals surface area contributed by atoms with Gasteiger partial charge in [-0.05, 0) is 49.7 Å². The molecule has 1 aromatic heterocycles.